The molecule has 0 aliphatic carbocycles. The fourth-order valence-electron chi connectivity index (χ4n) is 0.581. The molecule has 0 saturated heterocycles. The zero-order valence-electron chi connectivity index (χ0n) is 5.75. The molecule has 1 aromatic heterocycles. The van der Waals surface area contributed by atoms with Crippen molar-refractivity contribution in [1.29, 1.82) is 0 Å². The standard InChI is InChI=1S/C5H5F2N3O2/c6-5(7)12-3-1-2(4(8)11)9-10-3/h1,5H,(H2,8,11)(H,9,10). The summed E-state index contributed by atoms with van der Waals surface area (Å²) in [5.74, 6) is -1.15. The Bertz CT molecular complexity index is 286. The first kappa shape index (κ1) is 8.44. The van der Waals surface area contributed by atoms with E-state index in [0.717, 1.165) is 6.07 Å². The van der Waals surface area contributed by atoms with Gasteiger partial charge in [0.05, 0.1) is 0 Å². The Morgan fingerprint density at radius 3 is 2.83 bits per heavy atom. The first-order chi connectivity index (χ1) is 5.59. The molecule has 0 saturated carbocycles. The van der Waals surface area contributed by atoms with Gasteiger partial charge in [-0.15, -0.1) is 5.10 Å². The number of amides is 1. The van der Waals surface area contributed by atoms with E-state index >= 15 is 0 Å². The molecule has 0 aliphatic rings. The van der Waals surface area contributed by atoms with Crippen LogP contribution >= 0.6 is 0 Å². The van der Waals surface area contributed by atoms with Crippen molar-refractivity contribution in [3.63, 3.8) is 0 Å². The van der Waals surface area contributed by atoms with E-state index in [1.54, 1.807) is 0 Å². The van der Waals surface area contributed by atoms with E-state index in [9.17, 15) is 13.6 Å². The molecule has 7 heteroatoms. The maximum absolute atomic E-state index is 11.5. The molecular weight excluding hydrogens is 172 g/mol. The molecule has 1 amide bonds. The number of rotatable bonds is 3. The second-order valence-corrected chi connectivity index (χ2v) is 1.86. The molecular formula is C5H5F2N3O2. The third kappa shape index (κ3) is 1.91. The number of nitrogens with two attached hydrogens (primary N) is 1. The summed E-state index contributed by atoms with van der Waals surface area (Å²) in [6, 6.07) is 0.995. The van der Waals surface area contributed by atoms with Crippen LogP contribution in [-0.2, 0) is 0 Å². The SMILES string of the molecule is NC(=O)c1cc(OC(F)F)n[nH]1. The van der Waals surface area contributed by atoms with E-state index in [1.165, 1.54) is 0 Å². The first-order valence-corrected chi connectivity index (χ1v) is 2.89. The lowest BCUT2D eigenvalue weighted by Gasteiger charge is -1.96. The third-order valence-corrected chi connectivity index (χ3v) is 1.03. The predicted molar refractivity (Wildman–Crippen MR) is 33.7 cm³/mol. The van der Waals surface area contributed by atoms with E-state index < -0.39 is 12.5 Å². The number of carbonyl (C=O) groups is 1. The number of hydrogen-bond donors (Lipinski definition) is 2. The van der Waals surface area contributed by atoms with Gasteiger partial charge in [0.25, 0.3) is 5.91 Å². The van der Waals surface area contributed by atoms with Gasteiger partial charge >= 0.3 is 6.61 Å². The largest absolute Gasteiger partial charge is 0.415 e. The Kier molecular flexibility index (Phi) is 2.22. The fraction of sp³-hybridized carbons (Fsp3) is 0.200. The molecule has 1 rings (SSSR count). The molecule has 1 aromatic rings. The second kappa shape index (κ2) is 3.16. The average molecular weight is 177 g/mol. The van der Waals surface area contributed by atoms with Gasteiger partial charge in [-0.3, -0.25) is 9.89 Å². The number of primary amides is 1. The van der Waals surface area contributed by atoms with Gasteiger partial charge in [-0.1, -0.05) is 0 Å². The second-order valence-electron chi connectivity index (χ2n) is 1.86. The summed E-state index contributed by atoms with van der Waals surface area (Å²) in [7, 11) is 0. The molecule has 0 aliphatic heterocycles. The van der Waals surface area contributed by atoms with Gasteiger partial charge in [-0.05, 0) is 0 Å². The van der Waals surface area contributed by atoms with Crippen molar-refractivity contribution in [1.82, 2.24) is 10.2 Å². The highest BCUT2D eigenvalue weighted by Gasteiger charge is 2.10. The van der Waals surface area contributed by atoms with Crippen molar-refractivity contribution >= 4 is 5.91 Å². The molecule has 0 aromatic carbocycles. The smallest absolute Gasteiger partial charge is 0.388 e. The van der Waals surface area contributed by atoms with E-state index in [-0.39, 0.29) is 11.6 Å². The lowest BCUT2D eigenvalue weighted by atomic mass is 10.4. The lowest BCUT2D eigenvalue weighted by molar-refractivity contribution is -0.0528. The predicted octanol–water partition coefficient (Wildman–Crippen LogP) is 0.110. The molecule has 0 spiro atoms. The van der Waals surface area contributed by atoms with Gasteiger partial charge in [0, 0.05) is 6.07 Å². The first-order valence-electron chi connectivity index (χ1n) is 2.89. The van der Waals surface area contributed by atoms with Crippen molar-refractivity contribution in [2.24, 2.45) is 5.73 Å². The number of H-pyrrole nitrogens is 1. The number of hydrogen-bond acceptors (Lipinski definition) is 3. The maximum atomic E-state index is 11.5. The van der Waals surface area contributed by atoms with E-state index in [4.69, 9.17) is 5.73 Å². The zero-order valence-corrected chi connectivity index (χ0v) is 5.75. The average Bonchev–Trinajstić information content (AvgIpc) is 2.34. The van der Waals surface area contributed by atoms with Gasteiger partial charge in [-0.2, -0.15) is 8.78 Å². The molecule has 12 heavy (non-hydrogen) atoms. The van der Waals surface area contributed by atoms with Crippen LogP contribution in [0.5, 0.6) is 5.88 Å². The summed E-state index contributed by atoms with van der Waals surface area (Å²) in [5, 5.41) is 5.38. The van der Waals surface area contributed by atoms with Crippen molar-refractivity contribution in [2.75, 3.05) is 0 Å². The number of nitrogens with one attached hydrogen (secondary N) is 1. The molecule has 0 fully saturated rings. The number of aromatic amines is 1. The monoisotopic (exact) mass is 177 g/mol. The van der Waals surface area contributed by atoms with Gasteiger partial charge in [0.1, 0.15) is 5.69 Å². The van der Waals surface area contributed by atoms with Crippen LogP contribution in [0, 0.1) is 0 Å². The summed E-state index contributed by atoms with van der Waals surface area (Å²) >= 11 is 0. The number of nitrogens with zero attached hydrogens (tertiary/aromatic N) is 1. The van der Waals surface area contributed by atoms with Crippen molar-refractivity contribution < 1.29 is 18.3 Å². The minimum Gasteiger partial charge on any atom is -0.415 e. The summed E-state index contributed by atoms with van der Waals surface area (Å²) < 4.78 is 26.9. The molecule has 0 bridgehead atoms. The minimum absolute atomic E-state index is 0.0781. The Morgan fingerprint density at radius 1 is 1.75 bits per heavy atom. The minimum atomic E-state index is -2.96. The summed E-state index contributed by atoms with van der Waals surface area (Å²) in [6.45, 7) is -2.96. The van der Waals surface area contributed by atoms with E-state index in [2.05, 4.69) is 14.9 Å². The molecule has 1 heterocycles. The topological polar surface area (TPSA) is 81.0 Å². The van der Waals surface area contributed by atoms with Crippen LogP contribution in [-0.4, -0.2) is 22.7 Å². The zero-order chi connectivity index (χ0) is 9.14. The normalized spacial score (nSPS) is 10.2. The highest BCUT2D eigenvalue weighted by molar-refractivity contribution is 5.90. The Hall–Kier alpha value is -1.66. The molecule has 66 valence electrons. The highest BCUT2D eigenvalue weighted by Crippen LogP contribution is 2.10. The maximum Gasteiger partial charge on any atom is 0.388 e. The van der Waals surface area contributed by atoms with Crippen LogP contribution in [0.2, 0.25) is 0 Å². The van der Waals surface area contributed by atoms with Crippen LogP contribution in [0.15, 0.2) is 6.07 Å². The Labute approximate surface area is 65.5 Å². The van der Waals surface area contributed by atoms with Crippen molar-refractivity contribution in [2.45, 2.75) is 6.61 Å². The summed E-state index contributed by atoms with van der Waals surface area (Å²) in [5.41, 5.74) is 4.73. The number of aromatic nitrogens is 2. The number of ether oxygens (including phenoxy) is 1. The number of alkyl halides is 2. The van der Waals surface area contributed by atoms with E-state index in [1.807, 2.05) is 0 Å². The van der Waals surface area contributed by atoms with Crippen molar-refractivity contribution in [3.8, 4) is 5.88 Å². The number of carbonyl (C=O) groups excluding carboxylic acids is 1. The van der Waals surface area contributed by atoms with Gasteiger partial charge < -0.3 is 10.5 Å². The van der Waals surface area contributed by atoms with Crippen LogP contribution < -0.4 is 10.5 Å². The van der Waals surface area contributed by atoms with Gasteiger partial charge in [0.2, 0.25) is 5.88 Å². The summed E-state index contributed by atoms with van der Waals surface area (Å²) in [6.07, 6.45) is 0. The van der Waals surface area contributed by atoms with Crippen LogP contribution in [0.25, 0.3) is 0 Å². The molecule has 0 unspecified atom stereocenters. The van der Waals surface area contributed by atoms with Crippen LogP contribution in [0.3, 0.4) is 0 Å². The highest BCUT2D eigenvalue weighted by atomic mass is 19.3. The molecule has 0 atom stereocenters. The third-order valence-electron chi connectivity index (χ3n) is 1.03. The molecule has 3 N–H and O–H groups in total. The lowest BCUT2D eigenvalue weighted by Crippen LogP contribution is -2.11. The number of halogens is 2. The Morgan fingerprint density at radius 2 is 2.42 bits per heavy atom. The quantitative estimate of drug-likeness (QED) is 0.687. The van der Waals surface area contributed by atoms with E-state index in [0.29, 0.717) is 0 Å². The van der Waals surface area contributed by atoms with Crippen molar-refractivity contribution in [3.05, 3.63) is 11.8 Å². The summed E-state index contributed by atoms with van der Waals surface area (Å²) in [4.78, 5) is 10.4. The molecule has 0 radical (unpaired) electrons. The molecule has 5 nitrogen and oxygen atoms in total. The van der Waals surface area contributed by atoms with Gasteiger partial charge in [-0.25, -0.2) is 0 Å². The van der Waals surface area contributed by atoms with Crippen LogP contribution in [0.4, 0.5) is 8.78 Å². The Balaban J connectivity index is 2.71. The van der Waals surface area contributed by atoms with Gasteiger partial charge in [0.15, 0.2) is 0 Å². The fourth-order valence-corrected chi connectivity index (χ4v) is 0.581. The van der Waals surface area contributed by atoms with Crippen LogP contribution in [0.1, 0.15) is 10.5 Å².